The maximum absolute atomic E-state index is 13.4. The summed E-state index contributed by atoms with van der Waals surface area (Å²) in [6.07, 6.45) is 4.85. The van der Waals surface area contributed by atoms with E-state index in [0.29, 0.717) is 25.1 Å². The second-order valence-electron chi connectivity index (χ2n) is 9.31. The van der Waals surface area contributed by atoms with Crippen molar-refractivity contribution in [3.05, 3.63) is 23.5 Å². The number of hydrogen-bond acceptors (Lipinski definition) is 6. The van der Waals surface area contributed by atoms with E-state index in [2.05, 4.69) is 15.6 Å². The van der Waals surface area contributed by atoms with Crippen molar-refractivity contribution in [1.29, 1.82) is 0 Å². The van der Waals surface area contributed by atoms with Gasteiger partial charge in [-0.15, -0.1) is 0 Å². The third-order valence-electron chi connectivity index (χ3n) is 7.28. The Kier molecular flexibility index (Phi) is 6.64. The lowest BCUT2D eigenvalue weighted by atomic mass is 9.92. The number of nitrogens with zero attached hydrogens (tertiary/aromatic N) is 1. The van der Waals surface area contributed by atoms with Crippen molar-refractivity contribution in [2.45, 2.75) is 51.1 Å². The van der Waals surface area contributed by atoms with Crippen molar-refractivity contribution in [3.8, 4) is 0 Å². The van der Waals surface area contributed by atoms with Crippen LogP contribution >= 0.6 is 0 Å². The predicted molar refractivity (Wildman–Crippen MR) is 116 cm³/mol. The Labute approximate surface area is 191 Å². The minimum atomic E-state index is -0.997. The van der Waals surface area contributed by atoms with Gasteiger partial charge in [0.05, 0.1) is 6.04 Å². The fourth-order valence-electron chi connectivity index (χ4n) is 5.52. The van der Waals surface area contributed by atoms with Crippen LogP contribution in [0.3, 0.4) is 0 Å². The molecule has 178 valence electrons. The number of carbonyl (C=O) groups excluding carboxylic acids is 5. The Hall–Kier alpha value is -3.01. The molecule has 0 bridgehead atoms. The zero-order chi connectivity index (χ0) is 23.7. The maximum Gasteiger partial charge on any atom is 0.270 e. The van der Waals surface area contributed by atoms with Gasteiger partial charge in [0, 0.05) is 30.8 Å². The van der Waals surface area contributed by atoms with E-state index in [1.54, 1.807) is 0 Å². The molecule has 3 fully saturated rings. The SMILES string of the molecule is CC(=O)c1c[nH]c(C(=O)N2C[C@@H]3CCC[C@@H]3[C@H]2C(=O)NC(C[C@@H]2CCNC2=O)C(=O)CO)c1. The summed E-state index contributed by atoms with van der Waals surface area (Å²) in [6.45, 7) is 1.62. The monoisotopic (exact) mass is 458 g/mol. The molecule has 4 N–H and O–H groups in total. The number of ketones is 2. The van der Waals surface area contributed by atoms with Gasteiger partial charge < -0.3 is 25.6 Å². The van der Waals surface area contributed by atoms with Crippen LogP contribution in [0.4, 0.5) is 0 Å². The summed E-state index contributed by atoms with van der Waals surface area (Å²) < 4.78 is 0. The van der Waals surface area contributed by atoms with Gasteiger partial charge >= 0.3 is 0 Å². The second-order valence-corrected chi connectivity index (χ2v) is 9.31. The molecular weight excluding hydrogens is 428 g/mol. The summed E-state index contributed by atoms with van der Waals surface area (Å²) in [4.78, 5) is 67.0. The van der Waals surface area contributed by atoms with Crippen LogP contribution < -0.4 is 10.6 Å². The van der Waals surface area contributed by atoms with Crippen LogP contribution in [0.2, 0.25) is 0 Å². The standard InChI is InChI=1S/C23H30N4O6/c1-12(29)15-8-18(25-9-15)23(33)27-10-14-3-2-4-16(14)20(27)22(32)26-17(19(30)11-28)7-13-5-6-24-21(13)31/h8-9,13-14,16-17,20,25,28H,2-7,10-11H2,1H3,(H,24,31)(H,26,32)/t13-,14-,16-,17?,20-/m0/s1. The van der Waals surface area contributed by atoms with E-state index in [-0.39, 0.29) is 41.5 Å². The van der Waals surface area contributed by atoms with Crippen molar-refractivity contribution in [2.75, 3.05) is 19.7 Å². The number of rotatable bonds is 8. The van der Waals surface area contributed by atoms with Crippen LogP contribution in [-0.4, -0.2) is 76.1 Å². The molecule has 3 aliphatic rings. The molecule has 2 saturated heterocycles. The normalized spacial score (nSPS) is 27.2. The fraction of sp³-hybridized carbons (Fsp3) is 0.609. The van der Waals surface area contributed by atoms with Crippen LogP contribution in [0.5, 0.6) is 0 Å². The average Bonchev–Trinajstić information content (AvgIpc) is 3.56. The van der Waals surface area contributed by atoms with Gasteiger partial charge in [-0.3, -0.25) is 24.0 Å². The fourth-order valence-corrected chi connectivity index (χ4v) is 5.52. The quantitative estimate of drug-likeness (QED) is 0.404. The first-order valence-electron chi connectivity index (χ1n) is 11.5. The van der Waals surface area contributed by atoms with Crippen LogP contribution in [0.15, 0.2) is 12.3 Å². The van der Waals surface area contributed by atoms with E-state index in [1.165, 1.54) is 24.1 Å². The number of Topliss-reactive ketones (excluding diaryl/α,β-unsaturated/α-hetero) is 2. The third kappa shape index (κ3) is 4.57. The molecule has 0 aromatic carbocycles. The average molecular weight is 459 g/mol. The van der Waals surface area contributed by atoms with E-state index >= 15 is 0 Å². The lowest BCUT2D eigenvalue weighted by Gasteiger charge is -2.29. The summed E-state index contributed by atoms with van der Waals surface area (Å²) in [6, 6.07) is -0.256. The van der Waals surface area contributed by atoms with Crippen molar-refractivity contribution in [2.24, 2.45) is 17.8 Å². The van der Waals surface area contributed by atoms with Crippen molar-refractivity contribution in [3.63, 3.8) is 0 Å². The number of hydrogen-bond donors (Lipinski definition) is 4. The first kappa shape index (κ1) is 23.2. The van der Waals surface area contributed by atoms with Gasteiger partial charge in [-0.25, -0.2) is 0 Å². The molecule has 4 rings (SSSR count). The Balaban J connectivity index is 1.54. The third-order valence-corrected chi connectivity index (χ3v) is 7.28. The first-order chi connectivity index (χ1) is 15.8. The van der Waals surface area contributed by atoms with Gasteiger partial charge in [0.2, 0.25) is 11.8 Å². The molecule has 5 atom stereocenters. The summed E-state index contributed by atoms with van der Waals surface area (Å²) in [7, 11) is 0. The van der Waals surface area contributed by atoms with E-state index < -0.39 is 36.3 Å². The van der Waals surface area contributed by atoms with Gasteiger partial charge in [0.1, 0.15) is 18.3 Å². The Morgan fingerprint density at radius 1 is 1.24 bits per heavy atom. The zero-order valence-electron chi connectivity index (χ0n) is 18.6. The number of likely N-dealkylation sites (tertiary alicyclic amines) is 1. The van der Waals surface area contributed by atoms with E-state index in [4.69, 9.17) is 0 Å². The number of H-pyrrole nitrogens is 1. The maximum atomic E-state index is 13.4. The number of aromatic amines is 1. The summed E-state index contributed by atoms with van der Waals surface area (Å²) in [5, 5.41) is 14.9. The highest BCUT2D eigenvalue weighted by Crippen LogP contribution is 2.42. The van der Waals surface area contributed by atoms with E-state index in [0.717, 1.165) is 19.3 Å². The lowest BCUT2D eigenvalue weighted by molar-refractivity contribution is -0.133. The predicted octanol–water partition coefficient (Wildman–Crippen LogP) is 0.0304. The highest BCUT2D eigenvalue weighted by molar-refractivity contribution is 6.01. The molecule has 10 heteroatoms. The molecule has 3 amide bonds. The summed E-state index contributed by atoms with van der Waals surface area (Å²) in [5.74, 6) is -1.93. The van der Waals surface area contributed by atoms with Crippen LogP contribution in [0, 0.1) is 17.8 Å². The highest BCUT2D eigenvalue weighted by atomic mass is 16.3. The number of carbonyl (C=O) groups is 5. The molecule has 2 aliphatic heterocycles. The van der Waals surface area contributed by atoms with Gasteiger partial charge in [-0.1, -0.05) is 6.42 Å². The molecule has 10 nitrogen and oxygen atoms in total. The first-order valence-corrected chi connectivity index (χ1v) is 11.5. The molecule has 0 spiro atoms. The van der Waals surface area contributed by atoms with Crippen LogP contribution in [0.25, 0.3) is 0 Å². The molecule has 1 aromatic heterocycles. The minimum Gasteiger partial charge on any atom is -0.389 e. The summed E-state index contributed by atoms with van der Waals surface area (Å²) in [5.41, 5.74) is 0.630. The smallest absolute Gasteiger partial charge is 0.270 e. The van der Waals surface area contributed by atoms with E-state index in [9.17, 15) is 29.1 Å². The number of nitrogens with one attached hydrogen (secondary N) is 3. The largest absolute Gasteiger partial charge is 0.389 e. The molecule has 1 unspecified atom stereocenters. The highest BCUT2D eigenvalue weighted by Gasteiger charge is 2.50. The zero-order valence-corrected chi connectivity index (χ0v) is 18.6. The molecule has 3 heterocycles. The number of amides is 3. The van der Waals surface area contributed by atoms with Gasteiger partial charge in [0.15, 0.2) is 11.6 Å². The summed E-state index contributed by atoms with van der Waals surface area (Å²) >= 11 is 0. The van der Waals surface area contributed by atoms with Crippen LogP contribution in [-0.2, 0) is 14.4 Å². The molecule has 1 aromatic rings. The molecular formula is C23H30N4O6. The Bertz CT molecular complexity index is 972. The number of aliphatic hydroxyl groups excluding tert-OH is 1. The number of aliphatic hydroxyl groups is 1. The minimum absolute atomic E-state index is 0.0177. The lowest BCUT2D eigenvalue weighted by Crippen LogP contribution is -2.53. The molecule has 1 saturated carbocycles. The van der Waals surface area contributed by atoms with Gasteiger partial charge in [-0.05, 0) is 50.5 Å². The van der Waals surface area contributed by atoms with Crippen molar-refractivity contribution >= 4 is 29.3 Å². The van der Waals surface area contributed by atoms with Gasteiger partial charge in [0.25, 0.3) is 5.91 Å². The number of aromatic nitrogens is 1. The Morgan fingerprint density at radius 3 is 2.67 bits per heavy atom. The Morgan fingerprint density at radius 2 is 2.03 bits per heavy atom. The molecule has 33 heavy (non-hydrogen) atoms. The molecule has 0 radical (unpaired) electrons. The van der Waals surface area contributed by atoms with Crippen LogP contribution in [0.1, 0.15) is 59.9 Å². The van der Waals surface area contributed by atoms with Gasteiger partial charge in [-0.2, -0.15) is 0 Å². The van der Waals surface area contributed by atoms with E-state index in [1.807, 2.05) is 0 Å². The van der Waals surface area contributed by atoms with Crippen molar-refractivity contribution < 1.29 is 29.1 Å². The topological polar surface area (TPSA) is 149 Å². The number of fused-ring (bicyclic) bond motifs is 1. The van der Waals surface area contributed by atoms with Crippen molar-refractivity contribution in [1.82, 2.24) is 20.5 Å². The molecule has 1 aliphatic carbocycles. The second kappa shape index (κ2) is 9.46.